The molecule has 3 aromatic heterocycles. The third-order valence-corrected chi connectivity index (χ3v) is 7.68. The number of hydrogen-bond donors (Lipinski definition) is 2. The Balaban J connectivity index is 1.43. The van der Waals surface area contributed by atoms with Crippen LogP contribution < -0.4 is 11.2 Å². The average molecular weight is 545 g/mol. The number of hydrogen-bond acceptors (Lipinski definition) is 6. The van der Waals surface area contributed by atoms with Crippen molar-refractivity contribution < 1.29 is 4.79 Å². The highest BCUT2D eigenvalue weighted by Gasteiger charge is 2.32. The van der Waals surface area contributed by atoms with Gasteiger partial charge in [-0.3, -0.25) is 10.2 Å². The molecule has 0 aromatic carbocycles. The van der Waals surface area contributed by atoms with Gasteiger partial charge in [-0.1, -0.05) is 62.0 Å². The number of imidazole rings is 2. The second-order valence-corrected chi connectivity index (χ2v) is 11.0. The molecule has 1 aliphatic rings. The molecule has 1 aliphatic carbocycles. The maximum absolute atomic E-state index is 12.6. The molecule has 0 radical (unpaired) electrons. The largest absolute Gasteiger partial charge is 0.369 e. The van der Waals surface area contributed by atoms with Gasteiger partial charge in [-0.05, 0) is 55.7 Å². The number of carbonyl (C=O) groups excluding carboxylic acids is 1. The number of carbonyl (C=O) groups is 1. The monoisotopic (exact) mass is 544 g/mol. The fourth-order valence-electron chi connectivity index (χ4n) is 4.90. The van der Waals surface area contributed by atoms with Crippen molar-refractivity contribution in [2.24, 2.45) is 12.5 Å². The summed E-state index contributed by atoms with van der Waals surface area (Å²) in [7, 11) is 1.72. The molecular formula is C29H36N8OS. The van der Waals surface area contributed by atoms with Gasteiger partial charge in [-0.15, -0.1) is 0 Å². The number of nitrogens with two attached hydrogens (primary N) is 1. The van der Waals surface area contributed by atoms with Gasteiger partial charge in [0.1, 0.15) is 16.5 Å². The lowest BCUT2D eigenvalue weighted by Gasteiger charge is -2.37. The molecule has 0 saturated heterocycles. The van der Waals surface area contributed by atoms with E-state index in [2.05, 4.69) is 64.8 Å². The second kappa shape index (κ2) is 11.4. The highest BCUT2D eigenvalue weighted by Crippen LogP contribution is 2.45. The number of nitrogens with one attached hydrogen (secondary N) is 1. The van der Waals surface area contributed by atoms with Crippen LogP contribution in [0.3, 0.4) is 0 Å². The molecule has 3 aromatic rings. The number of rotatable bonds is 7. The number of aromatic nitrogens is 6. The van der Waals surface area contributed by atoms with E-state index in [1.807, 2.05) is 43.9 Å². The van der Waals surface area contributed by atoms with Crippen LogP contribution in [0.4, 0.5) is 5.95 Å². The lowest BCUT2D eigenvalue weighted by atomic mass is 9.71. The molecule has 9 nitrogen and oxygen atoms in total. The van der Waals surface area contributed by atoms with Gasteiger partial charge >= 0.3 is 0 Å². The minimum absolute atomic E-state index is 0.118. The van der Waals surface area contributed by atoms with Crippen molar-refractivity contribution in [2.75, 3.05) is 11.2 Å². The first kappa shape index (κ1) is 28.0. The Morgan fingerprint density at radius 1 is 1.23 bits per heavy atom. The van der Waals surface area contributed by atoms with Gasteiger partial charge in [0, 0.05) is 25.5 Å². The van der Waals surface area contributed by atoms with Crippen LogP contribution in [0, 0.1) is 10.1 Å². The number of nitrogens with zero attached hydrogens (tertiary/aromatic N) is 6. The van der Waals surface area contributed by atoms with E-state index in [0.717, 1.165) is 24.0 Å². The molecule has 3 heterocycles. The predicted molar refractivity (Wildman–Crippen MR) is 159 cm³/mol. The zero-order chi connectivity index (χ0) is 28.3. The highest BCUT2D eigenvalue weighted by molar-refractivity contribution is 7.71. The van der Waals surface area contributed by atoms with Gasteiger partial charge in [-0.25, -0.2) is 14.6 Å². The van der Waals surface area contributed by atoms with Crippen molar-refractivity contribution in [1.29, 1.82) is 0 Å². The summed E-state index contributed by atoms with van der Waals surface area (Å²) in [6.07, 6.45) is 21.3. The summed E-state index contributed by atoms with van der Waals surface area (Å²) in [6.45, 7) is 10.8. The molecule has 0 saturated carbocycles. The molecule has 204 valence electrons. The predicted octanol–water partition coefficient (Wildman–Crippen LogP) is 5.73. The Bertz CT molecular complexity index is 1600. The molecule has 1 unspecified atom stereocenters. The van der Waals surface area contributed by atoms with Gasteiger partial charge < -0.3 is 14.9 Å². The molecule has 3 N–H and O–H groups in total. The van der Waals surface area contributed by atoms with Crippen LogP contribution in [0.1, 0.15) is 53.5 Å². The van der Waals surface area contributed by atoms with Crippen LogP contribution in [-0.2, 0) is 11.8 Å². The first-order valence-corrected chi connectivity index (χ1v) is 13.3. The first-order chi connectivity index (χ1) is 18.5. The van der Waals surface area contributed by atoms with Crippen molar-refractivity contribution in [3.8, 4) is 0 Å². The van der Waals surface area contributed by atoms with Gasteiger partial charge in [0.2, 0.25) is 5.95 Å². The molecule has 0 fully saturated rings. The van der Waals surface area contributed by atoms with Crippen molar-refractivity contribution in [3.63, 3.8) is 0 Å². The summed E-state index contributed by atoms with van der Waals surface area (Å²) < 4.78 is 5.65. The van der Waals surface area contributed by atoms with E-state index in [1.165, 1.54) is 28.2 Å². The topological polar surface area (TPSA) is 109 Å². The van der Waals surface area contributed by atoms with E-state index in [1.54, 1.807) is 11.6 Å². The summed E-state index contributed by atoms with van der Waals surface area (Å²) in [5.74, 6) is -0.0724. The molecular weight excluding hydrogens is 508 g/mol. The van der Waals surface area contributed by atoms with Gasteiger partial charge in [-0.2, -0.15) is 4.98 Å². The van der Waals surface area contributed by atoms with Gasteiger partial charge in [0.25, 0.3) is 5.91 Å². The van der Waals surface area contributed by atoms with E-state index in [-0.39, 0.29) is 17.3 Å². The smallest absolute Gasteiger partial charge is 0.263 e. The molecule has 39 heavy (non-hydrogen) atoms. The molecule has 0 aliphatic heterocycles. The molecule has 4 rings (SSSR count). The molecule has 0 spiro atoms. The lowest BCUT2D eigenvalue weighted by molar-refractivity contribution is -0.112. The highest BCUT2D eigenvalue weighted by atomic mass is 32.1. The minimum Gasteiger partial charge on any atom is -0.369 e. The Kier molecular flexibility index (Phi) is 8.15. The summed E-state index contributed by atoms with van der Waals surface area (Å²) in [6, 6.07) is 0.346. The Hall–Kier alpha value is -4.05. The maximum atomic E-state index is 12.6. The Morgan fingerprint density at radius 2 is 2.00 bits per heavy atom. The fourth-order valence-corrected chi connectivity index (χ4v) is 5.14. The average Bonchev–Trinajstić information content (AvgIpc) is 3.53. The maximum Gasteiger partial charge on any atom is 0.263 e. The molecule has 10 heteroatoms. The number of allylic oxidation sites excluding steroid dienone is 9. The SMILES string of the molecule is CC1=C(/C=C/C(C)=C/C=C/C(C)=C/C(=O)Nn2cnc3c(=S)n(C)c(N)nc32)C(C)(C)CCC1n1ccnc1. The molecule has 1 atom stereocenters. The third kappa shape index (κ3) is 6.17. The van der Waals surface area contributed by atoms with Crippen molar-refractivity contribution in [1.82, 2.24) is 28.8 Å². The summed E-state index contributed by atoms with van der Waals surface area (Å²) in [5.41, 5.74) is 14.3. The molecule has 1 amide bonds. The van der Waals surface area contributed by atoms with Gasteiger partial charge in [0.05, 0.1) is 12.4 Å². The molecule has 0 bridgehead atoms. The first-order valence-electron chi connectivity index (χ1n) is 12.9. The van der Waals surface area contributed by atoms with E-state index in [0.29, 0.717) is 21.8 Å². The quantitative estimate of drug-likeness (QED) is 0.223. The number of nitrogen functional groups attached to an aromatic ring is 1. The minimum atomic E-state index is -0.314. The van der Waals surface area contributed by atoms with Crippen LogP contribution in [0.2, 0.25) is 0 Å². The van der Waals surface area contributed by atoms with Crippen molar-refractivity contribution in [3.05, 3.63) is 88.4 Å². The van der Waals surface area contributed by atoms with Crippen molar-refractivity contribution in [2.45, 2.75) is 53.5 Å². The zero-order valence-corrected chi connectivity index (χ0v) is 24.2. The third-order valence-electron chi connectivity index (χ3n) is 7.22. The van der Waals surface area contributed by atoms with Gasteiger partial charge in [0.15, 0.2) is 5.65 Å². The zero-order valence-electron chi connectivity index (χ0n) is 23.3. The standard InChI is InChI=1S/C29H36N8OS/c1-19(10-11-22-21(3)23(12-13-29(22,4)5)36-15-14-31-17-36)8-7-9-20(2)16-24(38)34-37-18-32-25-26(37)33-28(30)35(6)27(25)39/h7-11,14-18,23H,12-13H2,1-6H3,(H2,30,33)(H,34,38)/b9-7+,11-10+,19-8+,20-16+. The summed E-state index contributed by atoms with van der Waals surface area (Å²) in [4.78, 5) is 25.3. The van der Waals surface area contributed by atoms with Crippen LogP contribution >= 0.6 is 12.2 Å². The van der Waals surface area contributed by atoms with E-state index in [4.69, 9.17) is 18.0 Å². The van der Waals surface area contributed by atoms with E-state index >= 15 is 0 Å². The second-order valence-electron chi connectivity index (χ2n) is 10.6. The fraction of sp³-hybridized carbons (Fsp3) is 0.345. The Morgan fingerprint density at radius 3 is 2.72 bits per heavy atom. The van der Waals surface area contributed by atoms with Crippen LogP contribution in [-0.4, -0.2) is 34.7 Å². The number of fused-ring (bicyclic) bond motifs is 1. The lowest BCUT2D eigenvalue weighted by Crippen LogP contribution is -2.25. The Labute approximate surface area is 234 Å². The van der Waals surface area contributed by atoms with Crippen LogP contribution in [0.25, 0.3) is 11.2 Å². The van der Waals surface area contributed by atoms with E-state index < -0.39 is 0 Å². The van der Waals surface area contributed by atoms with E-state index in [9.17, 15) is 4.79 Å². The van der Waals surface area contributed by atoms with Crippen LogP contribution in [0.5, 0.6) is 0 Å². The van der Waals surface area contributed by atoms with Crippen molar-refractivity contribution >= 4 is 35.2 Å². The van der Waals surface area contributed by atoms with Crippen LogP contribution in [0.15, 0.2) is 83.8 Å². The summed E-state index contributed by atoms with van der Waals surface area (Å²) >= 11 is 5.36. The number of amides is 1. The normalized spacial score (nSPS) is 18.6. The summed E-state index contributed by atoms with van der Waals surface area (Å²) in [5, 5.41) is 0. The number of anilines is 1.